The van der Waals surface area contributed by atoms with Crippen molar-refractivity contribution in [2.75, 3.05) is 0 Å². The minimum Gasteiger partial charge on any atom is -0.323 e. The Kier molecular flexibility index (Phi) is 2.94. The maximum absolute atomic E-state index is 12.0. The Labute approximate surface area is 109 Å². The number of imidazole rings is 1. The van der Waals surface area contributed by atoms with E-state index in [2.05, 4.69) is 4.98 Å². The summed E-state index contributed by atoms with van der Waals surface area (Å²) in [6.45, 7) is 0.385. The molecule has 0 aliphatic heterocycles. The van der Waals surface area contributed by atoms with E-state index >= 15 is 0 Å². The van der Waals surface area contributed by atoms with E-state index in [1.54, 1.807) is 17.7 Å². The van der Waals surface area contributed by atoms with Crippen molar-refractivity contribution in [3.05, 3.63) is 53.0 Å². The number of carbonyl (C=O) groups is 1. The van der Waals surface area contributed by atoms with Gasteiger partial charge in [-0.1, -0.05) is 12.1 Å². The smallest absolute Gasteiger partial charge is 0.156 e. The van der Waals surface area contributed by atoms with Gasteiger partial charge < -0.3 is 4.57 Å². The van der Waals surface area contributed by atoms with Gasteiger partial charge in [0.2, 0.25) is 0 Å². The molecule has 0 bridgehead atoms. The second-order valence-corrected chi connectivity index (χ2v) is 4.99. The summed E-state index contributed by atoms with van der Waals surface area (Å²) in [5.41, 5.74) is 3.03. The van der Waals surface area contributed by atoms with Gasteiger partial charge in [-0.15, -0.1) is 0 Å². The van der Waals surface area contributed by atoms with Crippen molar-refractivity contribution >= 4 is 28.2 Å². The molecule has 3 aromatic rings. The number of ketones is 1. The highest BCUT2D eigenvalue weighted by Gasteiger charge is 2.08. The second-order valence-electron chi connectivity index (χ2n) is 4.21. The highest BCUT2D eigenvalue weighted by atomic mass is 32.1. The Morgan fingerprint density at radius 2 is 2.17 bits per heavy atom. The Bertz CT molecular complexity index is 670. The maximum Gasteiger partial charge on any atom is 0.156 e. The van der Waals surface area contributed by atoms with Gasteiger partial charge in [0, 0.05) is 6.42 Å². The molecule has 3 rings (SSSR count). The summed E-state index contributed by atoms with van der Waals surface area (Å²) in [7, 11) is 0. The lowest BCUT2D eigenvalue weighted by Gasteiger charge is -2.02. The van der Waals surface area contributed by atoms with Crippen LogP contribution in [0.15, 0.2) is 47.4 Å². The number of rotatable bonds is 4. The summed E-state index contributed by atoms with van der Waals surface area (Å²) < 4.78 is 1.91. The Hall–Kier alpha value is -1.94. The van der Waals surface area contributed by atoms with Crippen LogP contribution in [0.1, 0.15) is 5.56 Å². The minimum atomic E-state index is 0.205. The molecule has 0 saturated heterocycles. The monoisotopic (exact) mass is 256 g/mol. The van der Waals surface area contributed by atoms with E-state index in [1.807, 2.05) is 45.7 Å². The van der Waals surface area contributed by atoms with Crippen molar-refractivity contribution in [2.24, 2.45) is 0 Å². The van der Waals surface area contributed by atoms with Crippen LogP contribution in [0.5, 0.6) is 0 Å². The van der Waals surface area contributed by atoms with Gasteiger partial charge in [0.25, 0.3) is 0 Å². The third kappa shape index (κ3) is 2.19. The first-order valence-electron chi connectivity index (χ1n) is 5.75. The third-order valence-electron chi connectivity index (χ3n) is 2.86. The molecule has 0 radical (unpaired) electrons. The molecule has 0 saturated carbocycles. The molecule has 0 atom stereocenters. The molecule has 2 heterocycles. The molecule has 2 aromatic heterocycles. The summed E-state index contributed by atoms with van der Waals surface area (Å²) in [4.78, 5) is 16.3. The molecule has 18 heavy (non-hydrogen) atoms. The third-order valence-corrected chi connectivity index (χ3v) is 3.59. The predicted octanol–water partition coefficient (Wildman–Crippen LogP) is 2.91. The highest BCUT2D eigenvalue weighted by molar-refractivity contribution is 7.07. The van der Waals surface area contributed by atoms with Crippen LogP contribution in [0.25, 0.3) is 11.0 Å². The van der Waals surface area contributed by atoms with Gasteiger partial charge in [0.1, 0.15) is 0 Å². The van der Waals surface area contributed by atoms with Crippen LogP contribution in [0.3, 0.4) is 0 Å². The fourth-order valence-corrected chi connectivity index (χ4v) is 2.67. The molecular weight excluding hydrogens is 244 g/mol. The number of fused-ring (bicyclic) bond motifs is 1. The number of aromatic nitrogens is 2. The molecular formula is C14H12N2OS. The molecule has 0 aliphatic carbocycles. The van der Waals surface area contributed by atoms with Gasteiger partial charge in [0.05, 0.1) is 23.9 Å². The van der Waals surface area contributed by atoms with Crippen molar-refractivity contribution in [3.63, 3.8) is 0 Å². The van der Waals surface area contributed by atoms with Crippen LogP contribution >= 0.6 is 11.3 Å². The van der Waals surface area contributed by atoms with E-state index < -0.39 is 0 Å². The number of Topliss-reactive ketones (excluding diaryl/α,β-unsaturated/α-hetero) is 1. The van der Waals surface area contributed by atoms with Crippen molar-refractivity contribution in [1.29, 1.82) is 0 Å². The highest BCUT2D eigenvalue weighted by Crippen LogP contribution is 2.13. The molecule has 0 fully saturated rings. The van der Waals surface area contributed by atoms with E-state index in [4.69, 9.17) is 0 Å². The van der Waals surface area contributed by atoms with Crippen molar-refractivity contribution in [3.8, 4) is 0 Å². The SMILES string of the molecule is O=C(Cc1ccsc1)Cn1cnc2ccccc21. The fraction of sp³-hybridized carbons (Fsp3) is 0.143. The molecule has 0 spiro atoms. The molecule has 0 N–H and O–H groups in total. The van der Waals surface area contributed by atoms with Crippen molar-refractivity contribution < 1.29 is 4.79 Å². The van der Waals surface area contributed by atoms with E-state index in [1.165, 1.54) is 0 Å². The van der Waals surface area contributed by atoms with E-state index in [9.17, 15) is 4.79 Å². The number of benzene rings is 1. The van der Waals surface area contributed by atoms with Crippen molar-refractivity contribution in [2.45, 2.75) is 13.0 Å². The van der Waals surface area contributed by atoms with Gasteiger partial charge in [-0.05, 0) is 34.5 Å². The lowest BCUT2D eigenvalue weighted by atomic mass is 10.2. The quantitative estimate of drug-likeness (QED) is 0.719. The van der Waals surface area contributed by atoms with Crippen LogP contribution in [-0.4, -0.2) is 15.3 Å². The van der Waals surface area contributed by atoms with Gasteiger partial charge in [-0.2, -0.15) is 11.3 Å². The average Bonchev–Trinajstić information content (AvgIpc) is 3.00. The Morgan fingerprint density at radius 1 is 1.28 bits per heavy atom. The van der Waals surface area contributed by atoms with Gasteiger partial charge in [-0.3, -0.25) is 4.79 Å². The Morgan fingerprint density at radius 3 is 3.00 bits per heavy atom. The Balaban J connectivity index is 1.78. The van der Waals surface area contributed by atoms with E-state index in [0.717, 1.165) is 16.6 Å². The normalized spacial score (nSPS) is 10.9. The van der Waals surface area contributed by atoms with Gasteiger partial charge in [-0.25, -0.2) is 4.98 Å². The zero-order chi connectivity index (χ0) is 12.4. The second kappa shape index (κ2) is 4.74. The lowest BCUT2D eigenvalue weighted by molar-refractivity contribution is -0.118. The first kappa shape index (κ1) is 11.2. The minimum absolute atomic E-state index is 0.205. The summed E-state index contributed by atoms with van der Waals surface area (Å²) in [5.74, 6) is 0.205. The molecule has 0 unspecified atom stereocenters. The molecule has 0 aliphatic rings. The van der Waals surface area contributed by atoms with Gasteiger partial charge >= 0.3 is 0 Å². The summed E-state index contributed by atoms with van der Waals surface area (Å²) >= 11 is 1.62. The predicted molar refractivity (Wildman–Crippen MR) is 72.8 cm³/mol. The number of thiophene rings is 1. The number of nitrogens with zero attached hydrogens (tertiary/aromatic N) is 2. The molecule has 1 aromatic carbocycles. The van der Waals surface area contributed by atoms with Gasteiger partial charge in [0.15, 0.2) is 5.78 Å². The van der Waals surface area contributed by atoms with Crippen LogP contribution in [0.2, 0.25) is 0 Å². The largest absolute Gasteiger partial charge is 0.323 e. The number of carbonyl (C=O) groups excluding carboxylic acids is 1. The summed E-state index contributed by atoms with van der Waals surface area (Å²) in [5, 5.41) is 4.01. The average molecular weight is 256 g/mol. The zero-order valence-corrected chi connectivity index (χ0v) is 10.6. The zero-order valence-electron chi connectivity index (χ0n) is 9.74. The van der Waals surface area contributed by atoms with Crippen LogP contribution in [0, 0.1) is 0 Å². The summed E-state index contributed by atoms with van der Waals surface area (Å²) in [6.07, 6.45) is 2.23. The topological polar surface area (TPSA) is 34.9 Å². The van der Waals surface area contributed by atoms with Crippen molar-refractivity contribution in [1.82, 2.24) is 9.55 Å². The van der Waals surface area contributed by atoms with E-state index in [0.29, 0.717) is 13.0 Å². The summed E-state index contributed by atoms with van der Waals surface area (Å²) in [6, 6.07) is 9.85. The number of hydrogen-bond acceptors (Lipinski definition) is 3. The lowest BCUT2D eigenvalue weighted by Crippen LogP contribution is -2.11. The molecule has 90 valence electrons. The molecule has 0 amide bonds. The standard InChI is InChI=1S/C14H12N2OS/c17-12(7-11-5-6-18-9-11)8-16-10-15-13-3-1-2-4-14(13)16/h1-6,9-10H,7-8H2. The van der Waals surface area contributed by atoms with Crippen LogP contribution in [-0.2, 0) is 17.8 Å². The van der Waals surface area contributed by atoms with Crippen LogP contribution in [0.4, 0.5) is 0 Å². The number of hydrogen-bond donors (Lipinski definition) is 0. The van der Waals surface area contributed by atoms with Crippen LogP contribution < -0.4 is 0 Å². The number of para-hydroxylation sites is 2. The maximum atomic E-state index is 12.0. The van der Waals surface area contributed by atoms with E-state index in [-0.39, 0.29) is 5.78 Å². The molecule has 3 nitrogen and oxygen atoms in total. The first-order valence-corrected chi connectivity index (χ1v) is 6.70. The fourth-order valence-electron chi connectivity index (χ4n) is 2.00. The molecule has 4 heteroatoms. The first-order chi connectivity index (χ1) is 8.83.